The van der Waals surface area contributed by atoms with E-state index in [1.165, 1.54) is 6.26 Å². The number of hydrogen-bond donors (Lipinski definition) is 0. The lowest BCUT2D eigenvalue weighted by Crippen LogP contribution is -1.95. The van der Waals surface area contributed by atoms with E-state index in [1.54, 1.807) is 28.4 Å². The SMILES string of the molecule is C=COc1cc2c3cc(OC)c(OC)cc3c3cc(OC)c4oc(CCCCN=[N+]=[N-])nc4c3c2cc1OC. The minimum atomic E-state index is 0.430. The number of methoxy groups -OCH3 is 4. The second-order valence-electron chi connectivity index (χ2n) is 8.78. The van der Waals surface area contributed by atoms with E-state index < -0.39 is 0 Å². The van der Waals surface area contributed by atoms with E-state index >= 15 is 0 Å². The van der Waals surface area contributed by atoms with Crippen molar-refractivity contribution in [2.45, 2.75) is 19.3 Å². The van der Waals surface area contributed by atoms with Crippen LogP contribution in [0.1, 0.15) is 18.7 Å². The Labute approximate surface area is 224 Å². The van der Waals surface area contributed by atoms with Crippen LogP contribution < -0.4 is 23.7 Å². The zero-order valence-corrected chi connectivity index (χ0v) is 22.2. The Morgan fingerprint density at radius 3 is 1.95 bits per heavy atom. The molecule has 0 amide bonds. The number of oxazole rings is 1. The van der Waals surface area contributed by atoms with E-state index in [4.69, 9.17) is 38.6 Å². The van der Waals surface area contributed by atoms with Gasteiger partial charge in [0.1, 0.15) is 5.52 Å². The molecule has 0 spiro atoms. The van der Waals surface area contributed by atoms with Crippen LogP contribution in [0.2, 0.25) is 0 Å². The Bertz CT molecular complexity index is 1770. The molecule has 0 saturated heterocycles. The first-order valence-electron chi connectivity index (χ1n) is 12.4. The molecule has 0 unspecified atom stereocenters. The summed E-state index contributed by atoms with van der Waals surface area (Å²) in [6.07, 6.45) is 3.46. The first-order chi connectivity index (χ1) is 19.1. The predicted molar refractivity (Wildman–Crippen MR) is 151 cm³/mol. The quantitative estimate of drug-likeness (QED) is 0.0435. The molecule has 0 bridgehead atoms. The number of aromatic nitrogens is 1. The molecule has 0 atom stereocenters. The molecule has 1 aromatic heterocycles. The topological polar surface area (TPSA) is 121 Å². The van der Waals surface area contributed by atoms with Crippen LogP contribution in [-0.2, 0) is 6.42 Å². The van der Waals surface area contributed by atoms with Crippen molar-refractivity contribution in [2.24, 2.45) is 5.11 Å². The Morgan fingerprint density at radius 1 is 0.821 bits per heavy atom. The molecule has 10 nitrogen and oxygen atoms in total. The summed E-state index contributed by atoms with van der Waals surface area (Å²) >= 11 is 0. The van der Waals surface area contributed by atoms with Gasteiger partial charge >= 0.3 is 0 Å². The summed E-state index contributed by atoms with van der Waals surface area (Å²) in [5, 5.41) is 9.04. The molecule has 0 radical (unpaired) electrons. The molecule has 0 aliphatic heterocycles. The number of benzene rings is 4. The number of ether oxygens (including phenoxy) is 5. The first-order valence-corrected chi connectivity index (χ1v) is 12.4. The molecular formula is C29H28N4O6. The molecule has 10 heteroatoms. The van der Waals surface area contributed by atoms with Gasteiger partial charge in [0.05, 0.1) is 34.7 Å². The zero-order chi connectivity index (χ0) is 27.5. The van der Waals surface area contributed by atoms with Crippen LogP contribution in [0, 0.1) is 0 Å². The number of fused-ring (bicyclic) bond motifs is 8. The number of aryl methyl sites for hydroxylation is 1. The summed E-state index contributed by atoms with van der Waals surface area (Å²) < 4.78 is 34.6. The molecule has 5 aromatic rings. The lowest BCUT2D eigenvalue weighted by atomic mass is 9.92. The Kier molecular flexibility index (Phi) is 7.21. The minimum Gasteiger partial charge on any atom is -0.493 e. The van der Waals surface area contributed by atoms with Crippen molar-refractivity contribution in [3.05, 3.63) is 59.5 Å². The van der Waals surface area contributed by atoms with E-state index in [0.717, 1.165) is 45.2 Å². The van der Waals surface area contributed by atoms with Gasteiger partial charge in [-0.2, -0.15) is 0 Å². The van der Waals surface area contributed by atoms with Crippen LogP contribution >= 0.6 is 0 Å². The first kappa shape index (κ1) is 25.8. The standard InChI is InChI=1S/C29H28N4O6/c1-6-38-24-13-18-16-11-21(34-2)22(35-3)12-17(16)20-15-25(37-5)29-28(27(20)19(18)14-23(24)36-4)32-26(39-29)9-7-8-10-31-33-30/h6,11-15H,1,7-10H2,2-5H3. The molecule has 4 aromatic carbocycles. The number of unbranched alkanes of at least 4 members (excludes halogenated alkanes) is 1. The Morgan fingerprint density at radius 2 is 1.36 bits per heavy atom. The normalized spacial score (nSPS) is 11.1. The van der Waals surface area contributed by atoms with Crippen molar-refractivity contribution in [1.82, 2.24) is 4.98 Å². The van der Waals surface area contributed by atoms with Crippen LogP contribution in [0.4, 0.5) is 0 Å². The van der Waals surface area contributed by atoms with Gasteiger partial charge in [0.25, 0.3) is 0 Å². The second-order valence-corrected chi connectivity index (χ2v) is 8.78. The fourth-order valence-electron chi connectivity index (χ4n) is 5.00. The van der Waals surface area contributed by atoms with Crippen molar-refractivity contribution in [1.29, 1.82) is 0 Å². The number of nitrogens with zero attached hydrogens (tertiary/aromatic N) is 4. The number of azide groups is 1. The summed E-state index contributed by atoms with van der Waals surface area (Å²) in [6.45, 7) is 4.13. The molecule has 1 heterocycles. The van der Waals surface area contributed by atoms with Gasteiger partial charge in [0, 0.05) is 23.3 Å². The molecular weight excluding hydrogens is 500 g/mol. The highest BCUT2D eigenvalue weighted by atomic mass is 16.5. The second kappa shape index (κ2) is 10.9. The summed E-state index contributed by atoms with van der Waals surface area (Å²) in [7, 11) is 6.42. The minimum absolute atomic E-state index is 0.430. The van der Waals surface area contributed by atoms with Gasteiger partial charge in [-0.05, 0) is 75.6 Å². The Balaban J connectivity index is 1.89. The number of hydrogen-bond acceptors (Lipinski definition) is 8. The summed E-state index contributed by atoms with van der Waals surface area (Å²) in [5.41, 5.74) is 9.76. The molecule has 0 aliphatic rings. The van der Waals surface area contributed by atoms with E-state index in [1.807, 2.05) is 30.3 Å². The highest BCUT2D eigenvalue weighted by Gasteiger charge is 2.22. The fraction of sp³-hybridized carbons (Fsp3) is 0.276. The smallest absolute Gasteiger partial charge is 0.197 e. The van der Waals surface area contributed by atoms with Gasteiger partial charge in [0.15, 0.2) is 40.2 Å². The van der Waals surface area contributed by atoms with Crippen molar-refractivity contribution in [3.8, 4) is 28.7 Å². The molecule has 200 valence electrons. The van der Waals surface area contributed by atoms with Gasteiger partial charge in [-0.15, -0.1) is 0 Å². The van der Waals surface area contributed by atoms with Crippen molar-refractivity contribution < 1.29 is 28.1 Å². The maximum absolute atomic E-state index is 8.52. The van der Waals surface area contributed by atoms with Gasteiger partial charge in [-0.3, -0.25) is 0 Å². The molecule has 5 rings (SSSR count). The molecule has 0 fully saturated rings. The van der Waals surface area contributed by atoms with Crippen molar-refractivity contribution >= 4 is 43.4 Å². The molecule has 0 N–H and O–H groups in total. The van der Waals surface area contributed by atoms with Crippen molar-refractivity contribution in [3.63, 3.8) is 0 Å². The predicted octanol–water partition coefficient (Wildman–Crippen LogP) is 7.48. The number of rotatable bonds is 11. The maximum atomic E-state index is 8.52. The van der Waals surface area contributed by atoms with E-state index in [9.17, 15) is 0 Å². The monoisotopic (exact) mass is 528 g/mol. The molecule has 0 saturated carbocycles. The summed E-state index contributed by atoms with van der Waals surface area (Å²) in [5.74, 6) is 3.43. The van der Waals surface area contributed by atoms with E-state index in [2.05, 4.69) is 16.6 Å². The van der Waals surface area contributed by atoms with Crippen LogP contribution in [0.25, 0.3) is 53.9 Å². The fourth-order valence-corrected chi connectivity index (χ4v) is 5.00. The largest absolute Gasteiger partial charge is 0.493 e. The van der Waals surface area contributed by atoms with Gasteiger partial charge in [-0.25, -0.2) is 4.98 Å². The van der Waals surface area contributed by atoms with Crippen LogP contribution in [0.15, 0.2) is 52.7 Å². The van der Waals surface area contributed by atoms with Gasteiger partial charge in [-0.1, -0.05) is 11.7 Å². The Hall–Kier alpha value is -4.82. The maximum Gasteiger partial charge on any atom is 0.197 e. The van der Waals surface area contributed by atoms with Gasteiger partial charge < -0.3 is 28.1 Å². The van der Waals surface area contributed by atoms with Crippen LogP contribution in [-0.4, -0.2) is 40.0 Å². The van der Waals surface area contributed by atoms with E-state index in [-0.39, 0.29) is 0 Å². The lowest BCUT2D eigenvalue weighted by Gasteiger charge is -2.17. The summed E-state index contributed by atoms with van der Waals surface area (Å²) in [6, 6.07) is 9.73. The highest BCUT2D eigenvalue weighted by molar-refractivity contribution is 6.31. The third-order valence-electron chi connectivity index (χ3n) is 6.75. The summed E-state index contributed by atoms with van der Waals surface area (Å²) in [4.78, 5) is 7.73. The average molecular weight is 529 g/mol. The zero-order valence-electron chi connectivity index (χ0n) is 22.2. The van der Waals surface area contributed by atoms with E-state index in [0.29, 0.717) is 58.7 Å². The van der Waals surface area contributed by atoms with Crippen LogP contribution in [0.3, 0.4) is 0 Å². The molecule has 39 heavy (non-hydrogen) atoms. The average Bonchev–Trinajstić information content (AvgIpc) is 3.39. The van der Waals surface area contributed by atoms with Crippen molar-refractivity contribution in [2.75, 3.05) is 35.0 Å². The third-order valence-corrected chi connectivity index (χ3v) is 6.75. The third kappa shape index (κ3) is 4.45. The van der Waals surface area contributed by atoms with Crippen LogP contribution in [0.5, 0.6) is 28.7 Å². The van der Waals surface area contributed by atoms with Gasteiger partial charge in [0.2, 0.25) is 0 Å². The highest BCUT2D eigenvalue weighted by Crippen LogP contribution is 2.47. The lowest BCUT2D eigenvalue weighted by molar-refractivity contribution is 0.356. The molecule has 0 aliphatic carbocycles.